The highest BCUT2D eigenvalue weighted by molar-refractivity contribution is 7.91. The van der Waals surface area contributed by atoms with Gasteiger partial charge in [-0.2, -0.15) is 0 Å². The Morgan fingerprint density at radius 1 is 1.03 bits per heavy atom. The molecule has 0 radical (unpaired) electrons. The van der Waals surface area contributed by atoms with Gasteiger partial charge in [0.1, 0.15) is 5.82 Å². The van der Waals surface area contributed by atoms with Gasteiger partial charge in [0.15, 0.2) is 0 Å². The van der Waals surface area contributed by atoms with Crippen LogP contribution in [0.25, 0.3) is 0 Å². The first-order valence-corrected chi connectivity index (χ1v) is 12.3. The molecule has 160 valence electrons. The third kappa shape index (κ3) is 4.94. The van der Waals surface area contributed by atoms with Crippen molar-refractivity contribution < 1.29 is 21.2 Å². The van der Waals surface area contributed by atoms with Crippen LogP contribution in [0, 0.1) is 5.82 Å². The minimum atomic E-state index is -3.99. The molecule has 0 spiro atoms. The molecule has 2 aromatic carbocycles. The zero-order valence-corrected chi connectivity index (χ0v) is 18.0. The molecule has 30 heavy (non-hydrogen) atoms. The average molecular weight is 452 g/mol. The van der Waals surface area contributed by atoms with E-state index in [1.807, 2.05) is 4.57 Å². The highest BCUT2D eigenvalue weighted by atomic mass is 32.2. The van der Waals surface area contributed by atoms with Gasteiger partial charge in [0, 0.05) is 25.5 Å². The van der Waals surface area contributed by atoms with E-state index >= 15 is 0 Å². The summed E-state index contributed by atoms with van der Waals surface area (Å²) >= 11 is 0. The number of hydrogen-bond donors (Lipinski definition) is 1. The molecule has 0 aliphatic heterocycles. The minimum Gasteiger partial charge on any atom is -0.337 e. The van der Waals surface area contributed by atoms with E-state index < -0.39 is 25.7 Å². The number of aryl methyl sites for hydroxylation is 2. The van der Waals surface area contributed by atoms with Gasteiger partial charge < -0.3 is 4.57 Å². The molecule has 0 fully saturated rings. The number of benzene rings is 2. The lowest BCUT2D eigenvalue weighted by Gasteiger charge is -2.13. The van der Waals surface area contributed by atoms with Gasteiger partial charge in [0.25, 0.3) is 0 Å². The van der Waals surface area contributed by atoms with E-state index in [0.29, 0.717) is 24.9 Å². The van der Waals surface area contributed by atoms with Crippen LogP contribution in [0.1, 0.15) is 18.9 Å². The second-order valence-electron chi connectivity index (χ2n) is 6.63. The van der Waals surface area contributed by atoms with Crippen LogP contribution in [0.15, 0.2) is 75.9 Å². The summed E-state index contributed by atoms with van der Waals surface area (Å²) in [5.41, 5.74) is 0.509. The molecule has 0 saturated heterocycles. The monoisotopic (exact) mass is 451 g/mol. The molecule has 1 N–H and O–H groups in total. The standard InChI is InChI=1S/C20H22FN3O4S2/c1-2-16-4-7-19(29(25,26)18-8-5-17(21)6-9-18)14-20(16)30(27,28)23-10-3-12-24-13-11-22-15-24/h4-9,11,13-15,23H,2-3,10,12H2,1H3. The lowest BCUT2D eigenvalue weighted by molar-refractivity contribution is 0.568. The average Bonchev–Trinajstić information content (AvgIpc) is 3.24. The summed E-state index contributed by atoms with van der Waals surface area (Å²) in [7, 11) is -7.90. The highest BCUT2D eigenvalue weighted by Crippen LogP contribution is 2.26. The lowest BCUT2D eigenvalue weighted by atomic mass is 10.2. The smallest absolute Gasteiger partial charge is 0.240 e. The molecule has 7 nitrogen and oxygen atoms in total. The van der Waals surface area contributed by atoms with Gasteiger partial charge >= 0.3 is 0 Å². The summed E-state index contributed by atoms with van der Waals surface area (Å²) < 4.78 is 69.0. The highest BCUT2D eigenvalue weighted by Gasteiger charge is 2.24. The number of hydrogen-bond acceptors (Lipinski definition) is 5. The third-order valence-corrected chi connectivity index (χ3v) is 7.90. The van der Waals surface area contributed by atoms with Crippen molar-refractivity contribution in [3.63, 3.8) is 0 Å². The van der Waals surface area contributed by atoms with E-state index in [-0.39, 0.29) is 21.2 Å². The Morgan fingerprint density at radius 3 is 2.37 bits per heavy atom. The predicted molar refractivity (Wildman–Crippen MR) is 110 cm³/mol. The van der Waals surface area contributed by atoms with Gasteiger partial charge in [0.2, 0.25) is 19.9 Å². The Labute approximate surface area is 175 Å². The van der Waals surface area contributed by atoms with E-state index in [4.69, 9.17) is 0 Å². The fourth-order valence-electron chi connectivity index (χ4n) is 2.96. The SMILES string of the molecule is CCc1ccc(S(=O)(=O)c2ccc(F)cc2)cc1S(=O)(=O)NCCCn1ccnc1. The summed E-state index contributed by atoms with van der Waals surface area (Å²) in [6.07, 6.45) is 6.04. The minimum absolute atomic E-state index is 0.0733. The fraction of sp³-hybridized carbons (Fsp3) is 0.250. The maximum atomic E-state index is 13.1. The third-order valence-electron chi connectivity index (χ3n) is 4.59. The van der Waals surface area contributed by atoms with Crippen molar-refractivity contribution in [3.8, 4) is 0 Å². The number of nitrogens with zero attached hydrogens (tertiary/aromatic N) is 2. The maximum Gasteiger partial charge on any atom is 0.240 e. The lowest BCUT2D eigenvalue weighted by Crippen LogP contribution is -2.26. The number of halogens is 1. The summed E-state index contributed by atoms with van der Waals surface area (Å²) in [6.45, 7) is 2.59. The van der Waals surface area contributed by atoms with E-state index in [9.17, 15) is 21.2 Å². The van der Waals surface area contributed by atoms with Gasteiger partial charge in [0.05, 0.1) is 21.0 Å². The number of sulfone groups is 1. The molecule has 3 aromatic rings. The van der Waals surface area contributed by atoms with Crippen molar-refractivity contribution in [3.05, 3.63) is 72.6 Å². The molecule has 0 saturated carbocycles. The number of sulfonamides is 1. The van der Waals surface area contributed by atoms with E-state index in [1.165, 1.54) is 12.1 Å². The molecule has 3 rings (SSSR count). The number of nitrogens with one attached hydrogen (secondary N) is 1. The van der Waals surface area contributed by atoms with Gasteiger partial charge in [-0.25, -0.2) is 30.9 Å². The second-order valence-corrected chi connectivity index (χ2v) is 10.3. The normalized spacial score (nSPS) is 12.2. The summed E-state index contributed by atoms with van der Waals surface area (Å²) in [6, 6.07) is 8.43. The molecule has 10 heteroatoms. The maximum absolute atomic E-state index is 13.1. The van der Waals surface area contributed by atoms with Crippen molar-refractivity contribution >= 4 is 19.9 Å². The molecular weight excluding hydrogens is 429 g/mol. The largest absolute Gasteiger partial charge is 0.337 e. The molecule has 0 aliphatic carbocycles. The van der Waals surface area contributed by atoms with Crippen LogP contribution in [-0.2, 0) is 32.8 Å². The van der Waals surface area contributed by atoms with Crippen molar-refractivity contribution in [1.82, 2.24) is 14.3 Å². The van der Waals surface area contributed by atoms with Crippen LogP contribution in [-0.4, -0.2) is 32.9 Å². The second kappa shape index (κ2) is 9.07. The van der Waals surface area contributed by atoms with Crippen LogP contribution in [0.4, 0.5) is 4.39 Å². The first kappa shape index (κ1) is 22.1. The molecular formula is C20H22FN3O4S2. The fourth-order valence-corrected chi connectivity index (χ4v) is 5.73. The Morgan fingerprint density at radius 2 is 1.73 bits per heavy atom. The summed E-state index contributed by atoms with van der Waals surface area (Å²) in [5.74, 6) is -0.557. The van der Waals surface area contributed by atoms with Gasteiger partial charge in [-0.15, -0.1) is 0 Å². The van der Waals surface area contributed by atoms with Gasteiger partial charge in [-0.3, -0.25) is 0 Å². The van der Waals surface area contributed by atoms with Crippen molar-refractivity contribution in [2.45, 2.75) is 41.0 Å². The first-order chi connectivity index (χ1) is 14.2. The number of rotatable bonds is 9. The zero-order valence-electron chi connectivity index (χ0n) is 16.3. The predicted octanol–water partition coefficient (Wildman–Crippen LogP) is 2.79. The number of imidazole rings is 1. The molecule has 0 aliphatic rings. The van der Waals surface area contributed by atoms with Gasteiger partial charge in [-0.1, -0.05) is 13.0 Å². The van der Waals surface area contributed by atoms with Crippen LogP contribution < -0.4 is 4.72 Å². The quantitative estimate of drug-likeness (QED) is 0.398. The van der Waals surface area contributed by atoms with E-state index in [1.54, 1.807) is 25.6 Å². The van der Waals surface area contributed by atoms with Crippen LogP contribution in [0.2, 0.25) is 0 Å². The zero-order chi connectivity index (χ0) is 21.8. The Kier molecular flexibility index (Phi) is 6.69. The molecule has 0 atom stereocenters. The topological polar surface area (TPSA) is 98.1 Å². The number of aromatic nitrogens is 2. The Hall–Kier alpha value is -2.56. The van der Waals surface area contributed by atoms with Crippen LogP contribution in [0.5, 0.6) is 0 Å². The van der Waals surface area contributed by atoms with Crippen molar-refractivity contribution in [2.24, 2.45) is 0 Å². The van der Waals surface area contributed by atoms with E-state index in [2.05, 4.69) is 9.71 Å². The Bertz CT molecular complexity index is 1210. The van der Waals surface area contributed by atoms with Gasteiger partial charge in [-0.05, 0) is 54.8 Å². The summed E-state index contributed by atoms with van der Waals surface area (Å²) in [4.78, 5) is 3.59. The molecule has 0 amide bonds. The van der Waals surface area contributed by atoms with Crippen molar-refractivity contribution in [1.29, 1.82) is 0 Å². The Balaban J connectivity index is 1.85. The molecule has 1 aromatic heterocycles. The van der Waals surface area contributed by atoms with E-state index in [0.717, 1.165) is 30.3 Å². The summed E-state index contributed by atoms with van der Waals surface area (Å²) in [5, 5.41) is 0. The van der Waals surface area contributed by atoms with Crippen LogP contribution >= 0.6 is 0 Å². The van der Waals surface area contributed by atoms with Crippen LogP contribution in [0.3, 0.4) is 0 Å². The molecule has 0 bridgehead atoms. The molecule has 1 heterocycles. The first-order valence-electron chi connectivity index (χ1n) is 9.33. The molecule has 0 unspecified atom stereocenters. The van der Waals surface area contributed by atoms with Crippen molar-refractivity contribution in [2.75, 3.05) is 6.54 Å².